The van der Waals surface area contributed by atoms with Crippen molar-refractivity contribution in [3.05, 3.63) is 42.1 Å². The van der Waals surface area contributed by atoms with Gasteiger partial charge in [0.2, 0.25) is 5.91 Å². The first-order valence-corrected chi connectivity index (χ1v) is 7.63. The van der Waals surface area contributed by atoms with Gasteiger partial charge in [-0.15, -0.1) is 0 Å². The Balaban J connectivity index is 2.31. The van der Waals surface area contributed by atoms with Gasteiger partial charge < -0.3 is 9.47 Å². The van der Waals surface area contributed by atoms with Gasteiger partial charge in [-0.25, -0.2) is 0 Å². The Bertz CT molecular complexity index is 717. The number of hydrogen-bond acceptors (Lipinski definition) is 2. The number of amides is 1. The number of benzene rings is 1. The summed E-state index contributed by atoms with van der Waals surface area (Å²) >= 11 is 0. The molecule has 4 heteroatoms. The highest BCUT2D eigenvalue weighted by atomic mass is 16.2. The molecule has 1 heterocycles. The van der Waals surface area contributed by atoms with Crippen molar-refractivity contribution >= 4 is 22.9 Å². The number of nitrogens with zero attached hydrogens (tertiary/aromatic N) is 3. The SMILES string of the molecule is CCN(CC)C(=O)/C=C/c1cn(CCC#N)c2ccccc12. The van der Waals surface area contributed by atoms with Crippen LogP contribution in [0.4, 0.5) is 0 Å². The number of fused-ring (bicyclic) bond motifs is 1. The van der Waals surface area contributed by atoms with Crippen LogP contribution in [0.3, 0.4) is 0 Å². The zero-order chi connectivity index (χ0) is 15.9. The number of aryl methyl sites for hydroxylation is 1. The Kier molecular flexibility index (Phi) is 5.37. The summed E-state index contributed by atoms with van der Waals surface area (Å²) in [5, 5.41) is 9.87. The molecule has 2 rings (SSSR count). The predicted octanol–water partition coefficient (Wildman–Crippen LogP) is 3.44. The largest absolute Gasteiger partial charge is 0.346 e. The molecule has 0 N–H and O–H groups in total. The maximum Gasteiger partial charge on any atom is 0.246 e. The maximum absolute atomic E-state index is 12.1. The Labute approximate surface area is 131 Å². The molecule has 0 aliphatic rings. The van der Waals surface area contributed by atoms with E-state index >= 15 is 0 Å². The van der Waals surface area contributed by atoms with Gasteiger partial charge in [0.25, 0.3) is 0 Å². The lowest BCUT2D eigenvalue weighted by molar-refractivity contribution is -0.125. The van der Waals surface area contributed by atoms with Crippen LogP contribution in [-0.2, 0) is 11.3 Å². The number of hydrogen-bond donors (Lipinski definition) is 0. The van der Waals surface area contributed by atoms with E-state index in [-0.39, 0.29) is 5.91 Å². The summed E-state index contributed by atoms with van der Waals surface area (Å²) in [4.78, 5) is 13.9. The Morgan fingerprint density at radius 2 is 2.05 bits per heavy atom. The van der Waals surface area contributed by atoms with E-state index in [0.29, 0.717) is 26.1 Å². The van der Waals surface area contributed by atoms with E-state index < -0.39 is 0 Å². The summed E-state index contributed by atoms with van der Waals surface area (Å²) in [6.45, 7) is 6.04. The fraction of sp³-hybridized carbons (Fsp3) is 0.333. The van der Waals surface area contributed by atoms with Crippen LogP contribution in [0.1, 0.15) is 25.8 Å². The zero-order valence-electron chi connectivity index (χ0n) is 13.1. The lowest BCUT2D eigenvalue weighted by Gasteiger charge is -2.15. The molecule has 4 nitrogen and oxygen atoms in total. The number of para-hydroxylation sites is 1. The van der Waals surface area contributed by atoms with Crippen molar-refractivity contribution < 1.29 is 4.79 Å². The summed E-state index contributed by atoms with van der Waals surface area (Å²) < 4.78 is 2.07. The molecule has 0 saturated carbocycles. The van der Waals surface area contributed by atoms with Crippen molar-refractivity contribution in [2.24, 2.45) is 0 Å². The number of rotatable bonds is 6. The van der Waals surface area contributed by atoms with Crippen LogP contribution < -0.4 is 0 Å². The molecule has 0 unspecified atom stereocenters. The van der Waals surface area contributed by atoms with Gasteiger partial charge >= 0.3 is 0 Å². The normalized spacial score (nSPS) is 11.0. The van der Waals surface area contributed by atoms with Crippen LogP contribution in [-0.4, -0.2) is 28.5 Å². The molecule has 0 atom stereocenters. The summed E-state index contributed by atoms with van der Waals surface area (Å²) in [6, 6.07) is 10.2. The summed E-state index contributed by atoms with van der Waals surface area (Å²) in [5.74, 6) is 0.0267. The molecule has 0 fully saturated rings. The highest BCUT2D eigenvalue weighted by Crippen LogP contribution is 2.22. The minimum absolute atomic E-state index is 0.0267. The predicted molar refractivity (Wildman–Crippen MR) is 89.1 cm³/mol. The Hall–Kier alpha value is -2.54. The van der Waals surface area contributed by atoms with E-state index in [2.05, 4.69) is 10.6 Å². The second-order valence-electron chi connectivity index (χ2n) is 5.05. The van der Waals surface area contributed by atoms with Gasteiger partial charge in [-0.05, 0) is 26.0 Å². The first-order valence-electron chi connectivity index (χ1n) is 7.63. The molecule has 1 aromatic carbocycles. The van der Waals surface area contributed by atoms with Crippen LogP contribution >= 0.6 is 0 Å². The van der Waals surface area contributed by atoms with Crippen molar-refractivity contribution in [1.82, 2.24) is 9.47 Å². The van der Waals surface area contributed by atoms with E-state index in [1.54, 1.807) is 11.0 Å². The fourth-order valence-electron chi connectivity index (χ4n) is 2.57. The van der Waals surface area contributed by atoms with Crippen molar-refractivity contribution in [3.8, 4) is 6.07 Å². The molecule has 114 valence electrons. The number of carbonyl (C=O) groups excluding carboxylic acids is 1. The van der Waals surface area contributed by atoms with Crippen LogP contribution in [0.25, 0.3) is 17.0 Å². The lowest BCUT2D eigenvalue weighted by atomic mass is 10.1. The molecule has 0 bridgehead atoms. The topological polar surface area (TPSA) is 49.0 Å². The third-order valence-electron chi connectivity index (χ3n) is 3.76. The summed E-state index contributed by atoms with van der Waals surface area (Å²) in [6.07, 6.45) is 5.98. The van der Waals surface area contributed by atoms with Crippen LogP contribution in [0.15, 0.2) is 36.5 Å². The van der Waals surface area contributed by atoms with Crippen molar-refractivity contribution in [2.45, 2.75) is 26.8 Å². The number of carbonyl (C=O) groups is 1. The molecule has 0 saturated heterocycles. The second kappa shape index (κ2) is 7.46. The van der Waals surface area contributed by atoms with Crippen LogP contribution in [0.2, 0.25) is 0 Å². The molecule has 0 aliphatic heterocycles. The van der Waals surface area contributed by atoms with Gasteiger partial charge in [0.1, 0.15) is 0 Å². The molecule has 22 heavy (non-hydrogen) atoms. The van der Waals surface area contributed by atoms with Crippen molar-refractivity contribution in [1.29, 1.82) is 5.26 Å². The van der Waals surface area contributed by atoms with Crippen molar-refractivity contribution in [2.75, 3.05) is 13.1 Å². The van der Waals surface area contributed by atoms with Gasteiger partial charge in [0.15, 0.2) is 0 Å². The fourth-order valence-corrected chi connectivity index (χ4v) is 2.57. The monoisotopic (exact) mass is 295 g/mol. The van der Waals surface area contributed by atoms with Crippen molar-refractivity contribution in [3.63, 3.8) is 0 Å². The van der Waals surface area contributed by atoms with Gasteiger partial charge in [-0.1, -0.05) is 18.2 Å². The standard InChI is InChI=1S/C18H21N3O/c1-3-20(4-2)18(22)11-10-15-14-21(13-7-12-19)17-9-6-5-8-16(15)17/h5-6,8-11,14H,3-4,7,13H2,1-2H3/b11-10+. The number of nitriles is 1. The molecule has 1 aromatic heterocycles. The van der Waals surface area contributed by atoms with Gasteiger partial charge in [0, 0.05) is 48.4 Å². The maximum atomic E-state index is 12.1. The number of likely N-dealkylation sites (N-methyl/N-ethyl adjacent to an activating group) is 1. The zero-order valence-corrected chi connectivity index (χ0v) is 13.1. The first-order chi connectivity index (χ1) is 10.7. The minimum Gasteiger partial charge on any atom is -0.346 e. The minimum atomic E-state index is 0.0267. The third-order valence-corrected chi connectivity index (χ3v) is 3.76. The average Bonchev–Trinajstić information content (AvgIpc) is 2.90. The van der Waals surface area contributed by atoms with Gasteiger partial charge in [-0.2, -0.15) is 5.26 Å². The third kappa shape index (κ3) is 3.37. The van der Waals surface area contributed by atoms with E-state index in [0.717, 1.165) is 16.5 Å². The van der Waals surface area contributed by atoms with Crippen LogP contribution in [0.5, 0.6) is 0 Å². The Morgan fingerprint density at radius 3 is 2.73 bits per heavy atom. The van der Waals surface area contributed by atoms with E-state index in [4.69, 9.17) is 5.26 Å². The van der Waals surface area contributed by atoms with Crippen LogP contribution in [0, 0.1) is 11.3 Å². The smallest absolute Gasteiger partial charge is 0.246 e. The molecular weight excluding hydrogens is 274 g/mol. The molecule has 0 aliphatic carbocycles. The molecule has 1 amide bonds. The van der Waals surface area contributed by atoms with E-state index in [9.17, 15) is 4.79 Å². The number of aromatic nitrogens is 1. The lowest BCUT2D eigenvalue weighted by Crippen LogP contribution is -2.28. The molecule has 2 aromatic rings. The highest BCUT2D eigenvalue weighted by Gasteiger charge is 2.08. The summed E-state index contributed by atoms with van der Waals surface area (Å²) in [7, 11) is 0. The van der Waals surface area contributed by atoms with E-state index in [1.165, 1.54) is 0 Å². The molecule has 0 spiro atoms. The second-order valence-corrected chi connectivity index (χ2v) is 5.05. The van der Waals surface area contributed by atoms with Gasteiger partial charge in [-0.3, -0.25) is 4.79 Å². The molecular formula is C18H21N3O. The first kappa shape index (κ1) is 15.8. The quantitative estimate of drug-likeness (QED) is 0.766. The average molecular weight is 295 g/mol. The summed E-state index contributed by atoms with van der Waals surface area (Å²) in [5.41, 5.74) is 2.10. The van der Waals surface area contributed by atoms with E-state index in [1.807, 2.05) is 50.4 Å². The Morgan fingerprint density at radius 1 is 1.32 bits per heavy atom. The molecule has 0 radical (unpaired) electrons. The van der Waals surface area contributed by atoms with Gasteiger partial charge in [0.05, 0.1) is 12.5 Å². The highest BCUT2D eigenvalue weighted by molar-refractivity contribution is 5.96.